The van der Waals surface area contributed by atoms with E-state index in [1.807, 2.05) is 19.1 Å². The van der Waals surface area contributed by atoms with Crippen molar-refractivity contribution in [2.75, 3.05) is 0 Å². The van der Waals surface area contributed by atoms with Gasteiger partial charge in [-0.1, -0.05) is 53.6 Å². The Morgan fingerprint density at radius 2 is 1.72 bits per heavy atom. The third-order valence-electron chi connectivity index (χ3n) is 4.81. The first-order valence-electron chi connectivity index (χ1n) is 9.12. The number of hydrogen-bond donors (Lipinski definition) is 3. The van der Waals surface area contributed by atoms with Gasteiger partial charge in [0.25, 0.3) is 10.1 Å². The summed E-state index contributed by atoms with van der Waals surface area (Å²) in [6.07, 6.45) is 0. The van der Waals surface area contributed by atoms with Crippen LogP contribution in [-0.4, -0.2) is 23.3 Å². The molecular formula is C21H16N2O7S2. The van der Waals surface area contributed by atoms with E-state index in [0.717, 1.165) is 5.56 Å². The average Bonchev–Trinajstić information content (AvgIpc) is 2.75. The van der Waals surface area contributed by atoms with Crippen LogP contribution < -0.4 is 0 Å². The molecule has 0 aromatic heterocycles. The first-order valence-corrected chi connectivity index (χ1v) is 11.3. The third-order valence-corrected chi connectivity index (χ3v) is 6.38. The molecule has 0 heterocycles. The molecule has 0 amide bonds. The lowest BCUT2D eigenvalue weighted by molar-refractivity contribution is -0.432. The molecule has 3 N–H and O–H groups in total. The van der Waals surface area contributed by atoms with Crippen LogP contribution >= 0.6 is 12.0 Å². The van der Waals surface area contributed by atoms with Gasteiger partial charge in [-0.15, -0.1) is 14.6 Å². The van der Waals surface area contributed by atoms with Gasteiger partial charge in [-0.05, 0) is 35.4 Å². The number of phenols is 1. The largest absolute Gasteiger partial charge is 0.505 e. The zero-order valence-corrected chi connectivity index (χ0v) is 18.1. The maximum absolute atomic E-state index is 12.1. The Kier molecular flexibility index (Phi) is 6.11. The van der Waals surface area contributed by atoms with Gasteiger partial charge in [0.05, 0.1) is 16.9 Å². The van der Waals surface area contributed by atoms with Gasteiger partial charge >= 0.3 is 0 Å². The van der Waals surface area contributed by atoms with Crippen molar-refractivity contribution in [3.05, 3.63) is 66.2 Å². The zero-order valence-electron chi connectivity index (χ0n) is 16.5. The molecule has 4 aromatic carbocycles. The standard InChI is InChI=1S/C21H16N2O7S2/c1-12-5-4-7-14-11-17(31-30-29-25)19(20(24)18(12)14)23-22-16-10-9-13-6-2-3-8-15(13)21(16)32(26,27)28/h2-11,24-25H,1H3,(H,26,27,28). The van der Waals surface area contributed by atoms with Crippen molar-refractivity contribution in [1.82, 2.24) is 0 Å². The molecule has 164 valence electrons. The summed E-state index contributed by atoms with van der Waals surface area (Å²) in [5.41, 5.74) is 0.616. The minimum atomic E-state index is -4.64. The second kappa shape index (κ2) is 8.82. The van der Waals surface area contributed by atoms with Gasteiger partial charge in [-0.25, -0.2) is 5.26 Å². The maximum Gasteiger partial charge on any atom is 0.297 e. The molecule has 4 aromatic rings. The molecule has 4 rings (SSSR count). The minimum absolute atomic E-state index is 0.0386. The predicted octanol–water partition coefficient (Wildman–Crippen LogP) is 6.10. The summed E-state index contributed by atoms with van der Waals surface area (Å²) in [6.45, 7) is 1.81. The molecule has 11 heteroatoms. The fourth-order valence-corrected chi connectivity index (χ4v) is 4.81. The van der Waals surface area contributed by atoms with Gasteiger partial charge in [-0.2, -0.15) is 8.42 Å². The number of azo groups is 1. The van der Waals surface area contributed by atoms with Gasteiger partial charge in [0, 0.05) is 10.8 Å². The molecule has 0 spiro atoms. The van der Waals surface area contributed by atoms with Crippen LogP contribution in [0.3, 0.4) is 0 Å². The number of nitrogens with zero attached hydrogens (tertiary/aromatic N) is 2. The number of benzene rings is 4. The molecule has 0 saturated heterocycles. The first-order chi connectivity index (χ1) is 15.3. The summed E-state index contributed by atoms with van der Waals surface area (Å²) in [5.74, 6) is -0.220. The SMILES string of the molecule is Cc1cccc2cc(SOOO)c(N=Nc3ccc4ccccc4c3S(=O)(=O)O)c(O)c12. The smallest absolute Gasteiger partial charge is 0.297 e. The van der Waals surface area contributed by atoms with Gasteiger partial charge in [0.15, 0.2) is 5.75 Å². The second-order valence-corrected chi connectivity index (χ2v) is 8.88. The van der Waals surface area contributed by atoms with Crippen LogP contribution in [0.2, 0.25) is 0 Å². The van der Waals surface area contributed by atoms with E-state index in [2.05, 4.69) is 19.6 Å². The highest BCUT2D eigenvalue weighted by Crippen LogP contribution is 2.45. The molecule has 9 nitrogen and oxygen atoms in total. The van der Waals surface area contributed by atoms with Crippen LogP contribution in [0.5, 0.6) is 5.75 Å². The molecule has 0 aliphatic rings. The number of hydrogen-bond acceptors (Lipinski definition) is 9. The molecule has 0 aliphatic heterocycles. The lowest BCUT2D eigenvalue weighted by atomic mass is 10.0. The summed E-state index contributed by atoms with van der Waals surface area (Å²) in [4.78, 5) is -0.160. The Labute approximate surface area is 186 Å². The van der Waals surface area contributed by atoms with Crippen LogP contribution in [-0.2, 0) is 19.5 Å². The molecule has 0 fully saturated rings. The fraction of sp³-hybridized carbons (Fsp3) is 0.0476. The average molecular weight is 473 g/mol. The lowest BCUT2D eigenvalue weighted by Gasteiger charge is -2.11. The highest BCUT2D eigenvalue weighted by molar-refractivity contribution is 7.94. The van der Waals surface area contributed by atoms with Crippen molar-refractivity contribution in [2.24, 2.45) is 10.2 Å². The van der Waals surface area contributed by atoms with Crippen molar-refractivity contribution < 1.29 is 32.7 Å². The number of rotatable bonds is 6. The van der Waals surface area contributed by atoms with Crippen molar-refractivity contribution >= 4 is 55.1 Å². The summed E-state index contributed by atoms with van der Waals surface area (Å²) >= 11 is 0.576. The topological polar surface area (TPSA) is 138 Å². The van der Waals surface area contributed by atoms with Crippen LogP contribution in [0.25, 0.3) is 21.5 Å². The molecule has 0 radical (unpaired) electrons. The second-order valence-electron chi connectivity index (χ2n) is 6.78. The van der Waals surface area contributed by atoms with Gasteiger partial charge < -0.3 is 5.11 Å². The Bertz CT molecular complexity index is 1470. The van der Waals surface area contributed by atoms with E-state index in [1.165, 1.54) is 6.07 Å². The summed E-state index contributed by atoms with van der Waals surface area (Å²) < 4.78 is 38.5. The van der Waals surface area contributed by atoms with E-state index < -0.39 is 15.0 Å². The quantitative estimate of drug-likeness (QED) is 0.101. The molecule has 0 aliphatic carbocycles. The van der Waals surface area contributed by atoms with E-state index in [-0.39, 0.29) is 27.4 Å². The zero-order chi connectivity index (χ0) is 22.9. The monoisotopic (exact) mass is 472 g/mol. The summed E-state index contributed by atoms with van der Waals surface area (Å²) in [5, 5.41) is 33.2. The molecular weight excluding hydrogens is 456 g/mol. The van der Waals surface area contributed by atoms with E-state index >= 15 is 0 Å². The molecule has 32 heavy (non-hydrogen) atoms. The van der Waals surface area contributed by atoms with Gasteiger partial charge in [0.2, 0.25) is 0 Å². The number of phenolic OH excluding ortho intramolecular Hbond substituents is 1. The van der Waals surface area contributed by atoms with E-state index in [0.29, 0.717) is 28.2 Å². The van der Waals surface area contributed by atoms with E-state index in [4.69, 9.17) is 5.26 Å². The first kappa shape index (κ1) is 22.1. The van der Waals surface area contributed by atoms with Gasteiger partial charge in [0.1, 0.15) is 16.3 Å². The van der Waals surface area contributed by atoms with Crippen LogP contribution in [0.15, 0.2) is 80.7 Å². The van der Waals surface area contributed by atoms with Crippen LogP contribution in [0, 0.1) is 6.92 Å². The van der Waals surface area contributed by atoms with Crippen molar-refractivity contribution in [3.63, 3.8) is 0 Å². The third kappa shape index (κ3) is 4.17. The number of aryl methyl sites for hydroxylation is 1. The molecule has 0 atom stereocenters. The Morgan fingerprint density at radius 3 is 2.47 bits per heavy atom. The Balaban J connectivity index is 1.93. The van der Waals surface area contributed by atoms with Crippen molar-refractivity contribution in [1.29, 1.82) is 0 Å². The van der Waals surface area contributed by atoms with Crippen LogP contribution in [0.4, 0.5) is 11.4 Å². The highest BCUT2D eigenvalue weighted by Gasteiger charge is 2.21. The van der Waals surface area contributed by atoms with E-state index in [1.54, 1.807) is 42.5 Å². The van der Waals surface area contributed by atoms with Gasteiger partial charge in [-0.3, -0.25) is 4.55 Å². The highest BCUT2D eigenvalue weighted by atomic mass is 32.2. The van der Waals surface area contributed by atoms with Crippen molar-refractivity contribution in [3.8, 4) is 5.75 Å². The molecule has 0 unspecified atom stereocenters. The Hall–Kier alpha value is -3.06. The maximum atomic E-state index is 12.1. The predicted molar refractivity (Wildman–Crippen MR) is 119 cm³/mol. The Morgan fingerprint density at radius 1 is 0.969 bits per heavy atom. The minimum Gasteiger partial charge on any atom is -0.505 e. The summed E-state index contributed by atoms with van der Waals surface area (Å²) in [6, 6.07) is 16.7. The molecule has 0 bridgehead atoms. The number of fused-ring (bicyclic) bond motifs is 2. The fourth-order valence-electron chi connectivity index (χ4n) is 3.48. The van der Waals surface area contributed by atoms with Crippen molar-refractivity contribution in [2.45, 2.75) is 16.7 Å². The normalized spacial score (nSPS) is 12.2. The summed E-state index contributed by atoms with van der Waals surface area (Å²) in [7, 11) is -4.64. The molecule has 0 saturated carbocycles. The van der Waals surface area contributed by atoms with Crippen LogP contribution in [0.1, 0.15) is 5.56 Å². The lowest BCUT2D eigenvalue weighted by Crippen LogP contribution is -1.99. The number of aromatic hydroxyl groups is 1. The van der Waals surface area contributed by atoms with E-state index in [9.17, 15) is 18.1 Å².